The average molecular weight is 353 g/mol. The largest absolute Gasteiger partial charge is 0.416 e. The quantitative estimate of drug-likeness (QED) is 0.865. The number of aliphatic hydroxyl groups excluding tert-OH is 1. The van der Waals surface area contributed by atoms with Gasteiger partial charge >= 0.3 is 6.18 Å². The van der Waals surface area contributed by atoms with Crippen molar-refractivity contribution in [2.75, 3.05) is 38.1 Å². The number of anilines is 1. The van der Waals surface area contributed by atoms with Crippen LogP contribution in [0.4, 0.5) is 18.9 Å². The van der Waals surface area contributed by atoms with Crippen LogP contribution >= 0.6 is 0 Å². The van der Waals surface area contributed by atoms with E-state index in [-0.39, 0.29) is 6.61 Å². The lowest BCUT2D eigenvalue weighted by atomic mass is 9.96. The number of nitrogens with zero attached hydrogens (tertiary/aromatic N) is 2. The zero-order valence-corrected chi connectivity index (χ0v) is 13.9. The van der Waals surface area contributed by atoms with Gasteiger partial charge in [-0.15, -0.1) is 0 Å². The highest BCUT2D eigenvalue weighted by molar-refractivity contribution is 5.91. The zero-order chi connectivity index (χ0) is 17.9. The Morgan fingerprint density at radius 2 is 1.96 bits per heavy atom. The van der Waals surface area contributed by atoms with Gasteiger partial charge in [0.1, 0.15) is 0 Å². The van der Waals surface area contributed by atoms with E-state index >= 15 is 0 Å². The third-order valence-electron chi connectivity index (χ3n) is 4.77. The molecule has 0 bridgehead atoms. The maximum atomic E-state index is 12.8. The van der Waals surface area contributed by atoms with Crippen LogP contribution in [0.3, 0.4) is 0 Å². The molecule has 1 aliphatic heterocycles. The summed E-state index contributed by atoms with van der Waals surface area (Å²) in [4.78, 5) is 6.32. The van der Waals surface area contributed by atoms with E-state index in [0.29, 0.717) is 16.8 Å². The molecule has 1 aliphatic rings. The highest BCUT2D eigenvalue weighted by Gasteiger charge is 2.30. The number of rotatable bonds is 5. The molecule has 1 aromatic carbocycles. The number of nitrogens with one attached hydrogen (secondary N) is 1. The van der Waals surface area contributed by atoms with E-state index in [0.717, 1.165) is 56.8 Å². The van der Waals surface area contributed by atoms with E-state index in [4.69, 9.17) is 5.11 Å². The fourth-order valence-electron chi connectivity index (χ4n) is 3.29. The van der Waals surface area contributed by atoms with Crippen LogP contribution in [0.5, 0.6) is 0 Å². The summed E-state index contributed by atoms with van der Waals surface area (Å²) in [7, 11) is 0. The lowest BCUT2D eigenvalue weighted by Gasteiger charge is -2.31. The fraction of sp³-hybridized carbons (Fsp3) is 0.500. The molecule has 0 radical (unpaired) electrons. The van der Waals surface area contributed by atoms with Crippen molar-refractivity contribution in [1.82, 2.24) is 9.88 Å². The number of hydrogen-bond acceptors (Lipinski definition) is 4. The van der Waals surface area contributed by atoms with Crippen molar-refractivity contribution in [1.29, 1.82) is 0 Å². The van der Waals surface area contributed by atoms with Crippen molar-refractivity contribution in [3.05, 3.63) is 36.0 Å². The lowest BCUT2D eigenvalue weighted by molar-refractivity contribution is -0.137. The number of fused-ring (bicyclic) bond motifs is 1. The molecule has 0 saturated carbocycles. The minimum Gasteiger partial charge on any atom is -0.395 e. The molecule has 0 aliphatic carbocycles. The molecule has 0 unspecified atom stereocenters. The van der Waals surface area contributed by atoms with Crippen LogP contribution in [0.15, 0.2) is 30.5 Å². The van der Waals surface area contributed by atoms with Crippen LogP contribution in [-0.4, -0.2) is 47.8 Å². The number of hydrogen-bond donors (Lipinski definition) is 2. The average Bonchev–Trinajstić information content (AvgIpc) is 2.60. The predicted molar refractivity (Wildman–Crippen MR) is 91.5 cm³/mol. The molecule has 0 atom stereocenters. The van der Waals surface area contributed by atoms with Crippen LogP contribution in [0, 0.1) is 5.92 Å². The molecule has 2 heterocycles. The summed E-state index contributed by atoms with van der Waals surface area (Å²) in [6, 6.07) is 5.48. The van der Waals surface area contributed by atoms with Crippen molar-refractivity contribution in [3.8, 4) is 0 Å². The molecule has 2 aromatic rings. The molecule has 136 valence electrons. The summed E-state index contributed by atoms with van der Waals surface area (Å²) in [5.74, 6) is 0.521. The number of piperidine rings is 1. The van der Waals surface area contributed by atoms with Gasteiger partial charge in [0.25, 0.3) is 0 Å². The number of likely N-dealkylation sites (tertiary alicyclic amines) is 1. The highest BCUT2D eigenvalue weighted by Crippen LogP contribution is 2.32. The van der Waals surface area contributed by atoms with E-state index in [1.54, 1.807) is 6.07 Å². The SMILES string of the molecule is OCCN1CCC(CNc2ccnc3cc(C(F)(F)F)ccc23)CC1. The Morgan fingerprint density at radius 1 is 1.20 bits per heavy atom. The van der Waals surface area contributed by atoms with Crippen LogP contribution in [0.25, 0.3) is 10.9 Å². The Balaban J connectivity index is 1.66. The van der Waals surface area contributed by atoms with Gasteiger partial charge in [-0.1, -0.05) is 6.07 Å². The molecule has 25 heavy (non-hydrogen) atoms. The molecule has 1 fully saturated rings. The number of aliphatic hydroxyl groups is 1. The van der Waals surface area contributed by atoms with Gasteiger partial charge in [0, 0.05) is 30.4 Å². The van der Waals surface area contributed by atoms with E-state index in [2.05, 4.69) is 15.2 Å². The molecular formula is C18H22F3N3O. The number of pyridine rings is 1. The van der Waals surface area contributed by atoms with Crippen LogP contribution in [-0.2, 0) is 6.18 Å². The molecule has 1 saturated heterocycles. The predicted octanol–water partition coefficient (Wildman–Crippen LogP) is 3.37. The first kappa shape index (κ1) is 17.9. The van der Waals surface area contributed by atoms with E-state index in [1.807, 2.05) is 0 Å². The molecule has 7 heteroatoms. The standard InChI is InChI=1S/C18H22F3N3O/c19-18(20,21)14-1-2-15-16(3-6-22-17(15)11-14)23-12-13-4-7-24(8-5-13)9-10-25/h1-3,6,11,13,25H,4-5,7-10,12H2,(H,22,23). The zero-order valence-electron chi connectivity index (χ0n) is 13.9. The molecule has 0 amide bonds. The lowest BCUT2D eigenvalue weighted by Crippen LogP contribution is -2.37. The number of halogens is 3. The van der Waals surface area contributed by atoms with Gasteiger partial charge in [-0.25, -0.2) is 0 Å². The summed E-state index contributed by atoms with van der Waals surface area (Å²) in [5.41, 5.74) is 0.481. The van der Waals surface area contributed by atoms with Gasteiger partial charge in [-0.05, 0) is 50.0 Å². The van der Waals surface area contributed by atoms with Crippen molar-refractivity contribution in [3.63, 3.8) is 0 Å². The first-order valence-corrected chi connectivity index (χ1v) is 8.50. The summed E-state index contributed by atoms with van der Waals surface area (Å²) >= 11 is 0. The Hall–Kier alpha value is -1.86. The second-order valence-corrected chi connectivity index (χ2v) is 6.48. The number of alkyl halides is 3. The van der Waals surface area contributed by atoms with E-state index in [1.165, 1.54) is 12.3 Å². The minimum atomic E-state index is -4.36. The van der Waals surface area contributed by atoms with Gasteiger partial charge in [-0.2, -0.15) is 13.2 Å². The summed E-state index contributed by atoms with van der Waals surface area (Å²) in [6.45, 7) is 3.63. The first-order valence-electron chi connectivity index (χ1n) is 8.50. The van der Waals surface area contributed by atoms with Crippen LogP contribution in [0.1, 0.15) is 18.4 Å². The molecule has 0 spiro atoms. The highest BCUT2D eigenvalue weighted by atomic mass is 19.4. The van der Waals surface area contributed by atoms with Gasteiger partial charge < -0.3 is 15.3 Å². The van der Waals surface area contributed by atoms with Crippen LogP contribution < -0.4 is 5.32 Å². The van der Waals surface area contributed by atoms with Crippen LogP contribution in [0.2, 0.25) is 0 Å². The molecule has 1 aromatic heterocycles. The minimum absolute atomic E-state index is 0.186. The van der Waals surface area contributed by atoms with Crippen molar-refractivity contribution >= 4 is 16.6 Å². The molecule has 2 N–H and O–H groups in total. The van der Waals surface area contributed by atoms with Crippen molar-refractivity contribution in [2.45, 2.75) is 19.0 Å². The number of aromatic nitrogens is 1. The second kappa shape index (κ2) is 7.58. The maximum absolute atomic E-state index is 12.8. The summed E-state index contributed by atoms with van der Waals surface area (Å²) in [6.07, 6.45) is -0.723. The van der Waals surface area contributed by atoms with E-state index < -0.39 is 11.7 Å². The topological polar surface area (TPSA) is 48.4 Å². The fourth-order valence-corrected chi connectivity index (χ4v) is 3.29. The van der Waals surface area contributed by atoms with Crippen molar-refractivity contribution < 1.29 is 18.3 Å². The normalized spacial score (nSPS) is 17.1. The smallest absolute Gasteiger partial charge is 0.395 e. The monoisotopic (exact) mass is 353 g/mol. The molecule has 4 nitrogen and oxygen atoms in total. The summed E-state index contributed by atoms with van der Waals surface area (Å²) < 4.78 is 38.5. The number of benzene rings is 1. The van der Waals surface area contributed by atoms with Gasteiger partial charge in [0.2, 0.25) is 0 Å². The Labute approximate surface area is 144 Å². The van der Waals surface area contributed by atoms with Crippen molar-refractivity contribution in [2.24, 2.45) is 5.92 Å². The van der Waals surface area contributed by atoms with Gasteiger partial charge in [-0.3, -0.25) is 4.98 Å². The maximum Gasteiger partial charge on any atom is 0.416 e. The van der Waals surface area contributed by atoms with E-state index in [9.17, 15) is 13.2 Å². The molecule has 3 rings (SSSR count). The third kappa shape index (κ3) is 4.41. The number of β-amino-alcohol motifs (C(OH)–C–C–N with tert-alkyl or cyclic N) is 1. The molecular weight excluding hydrogens is 331 g/mol. The second-order valence-electron chi connectivity index (χ2n) is 6.48. The Morgan fingerprint density at radius 3 is 2.64 bits per heavy atom. The Bertz CT molecular complexity index is 712. The van der Waals surface area contributed by atoms with Gasteiger partial charge in [0.05, 0.1) is 17.7 Å². The van der Waals surface area contributed by atoms with Gasteiger partial charge in [0.15, 0.2) is 0 Å². The third-order valence-corrected chi connectivity index (χ3v) is 4.77. The summed E-state index contributed by atoms with van der Waals surface area (Å²) in [5, 5.41) is 13.1. The Kier molecular flexibility index (Phi) is 5.44. The first-order chi connectivity index (χ1) is 12.0.